The summed E-state index contributed by atoms with van der Waals surface area (Å²) < 4.78 is 2.04. The predicted octanol–water partition coefficient (Wildman–Crippen LogP) is 3.44. The standard InChI is InChI=1S/C16H11N3/c1-2-6-12(7-3-1)14-10-19-11-17-18-15-9-5-4-8-13(14)16(15)19/h1-11H. The second kappa shape index (κ2) is 3.92. The third-order valence-corrected chi connectivity index (χ3v) is 3.37. The molecule has 3 nitrogen and oxygen atoms in total. The largest absolute Gasteiger partial charge is 0.303 e. The van der Waals surface area contributed by atoms with E-state index in [1.165, 1.54) is 16.7 Å². The second-order valence-corrected chi connectivity index (χ2v) is 4.51. The molecule has 3 aromatic rings. The van der Waals surface area contributed by atoms with Crippen molar-refractivity contribution in [3.8, 4) is 11.1 Å². The minimum Gasteiger partial charge on any atom is -0.303 e. The summed E-state index contributed by atoms with van der Waals surface area (Å²) in [6.07, 6.45) is 12.0. The van der Waals surface area contributed by atoms with Gasteiger partial charge < -0.3 is 4.40 Å². The molecule has 0 aliphatic heterocycles. The average Bonchev–Trinajstić information content (AvgIpc) is 2.69. The summed E-state index contributed by atoms with van der Waals surface area (Å²) in [7, 11) is 0. The van der Waals surface area contributed by atoms with Gasteiger partial charge in [-0.3, -0.25) is 0 Å². The minimum absolute atomic E-state index is 0.907. The maximum Gasteiger partial charge on any atom is 0.122 e. The van der Waals surface area contributed by atoms with E-state index in [0.717, 1.165) is 11.2 Å². The lowest BCUT2D eigenvalue weighted by molar-refractivity contribution is 0.941. The first kappa shape index (κ1) is 10.3. The third kappa shape index (κ3) is 1.52. The number of allylic oxidation sites excluding steroid dienone is 2. The van der Waals surface area contributed by atoms with Crippen molar-refractivity contribution in [2.24, 2.45) is 0 Å². The van der Waals surface area contributed by atoms with Gasteiger partial charge in [-0.25, -0.2) is 0 Å². The molecular weight excluding hydrogens is 234 g/mol. The van der Waals surface area contributed by atoms with Crippen molar-refractivity contribution in [2.45, 2.75) is 0 Å². The Kier molecular flexibility index (Phi) is 2.12. The van der Waals surface area contributed by atoms with Gasteiger partial charge in [0.05, 0.1) is 5.52 Å². The zero-order valence-electron chi connectivity index (χ0n) is 10.2. The van der Waals surface area contributed by atoms with Crippen molar-refractivity contribution in [2.75, 3.05) is 0 Å². The van der Waals surface area contributed by atoms with E-state index in [1.54, 1.807) is 6.33 Å². The van der Waals surface area contributed by atoms with Gasteiger partial charge in [0.1, 0.15) is 12.0 Å². The van der Waals surface area contributed by atoms with Crippen LogP contribution in [0.4, 0.5) is 0 Å². The van der Waals surface area contributed by atoms with E-state index < -0.39 is 0 Å². The molecule has 0 radical (unpaired) electrons. The molecule has 3 heteroatoms. The number of aromatic nitrogens is 3. The first-order valence-corrected chi connectivity index (χ1v) is 6.20. The van der Waals surface area contributed by atoms with Gasteiger partial charge >= 0.3 is 0 Å². The van der Waals surface area contributed by atoms with Crippen LogP contribution >= 0.6 is 0 Å². The molecule has 90 valence electrons. The van der Waals surface area contributed by atoms with Gasteiger partial charge in [0.15, 0.2) is 0 Å². The van der Waals surface area contributed by atoms with E-state index in [0.29, 0.717) is 0 Å². The van der Waals surface area contributed by atoms with Crippen molar-refractivity contribution < 1.29 is 0 Å². The van der Waals surface area contributed by atoms with E-state index in [2.05, 4.69) is 46.7 Å². The van der Waals surface area contributed by atoms with E-state index in [9.17, 15) is 0 Å². The van der Waals surface area contributed by atoms with Gasteiger partial charge in [-0.2, -0.15) is 0 Å². The zero-order chi connectivity index (χ0) is 12.7. The highest BCUT2D eigenvalue weighted by Gasteiger charge is 2.14. The molecule has 0 atom stereocenters. The first-order chi connectivity index (χ1) is 9.43. The number of benzene rings is 1. The Morgan fingerprint density at radius 2 is 1.79 bits per heavy atom. The van der Waals surface area contributed by atoms with Crippen molar-refractivity contribution in [1.82, 2.24) is 14.6 Å². The summed E-state index contributed by atoms with van der Waals surface area (Å²) >= 11 is 0. The van der Waals surface area contributed by atoms with Crippen LogP contribution < -0.4 is 0 Å². The second-order valence-electron chi connectivity index (χ2n) is 4.51. The Hall–Kier alpha value is -2.68. The van der Waals surface area contributed by atoms with Gasteiger partial charge in [0, 0.05) is 17.3 Å². The Labute approximate surface area is 110 Å². The maximum absolute atomic E-state index is 4.21. The fourth-order valence-electron chi connectivity index (χ4n) is 2.52. The van der Waals surface area contributed by atoms with Crippen molar-refractivity contribution in [1.29, 1.82) is 0 Å². The van der Waals surface area contributed by atoms with Crippen LogP contribution in [-0.2, 0) is 0 Å². The lowest BCUT2D eigenvalue weighted by Crippen LogP contribution is -1.93. The molecule has 0 spiro atoms. The van der Waals surface area contributed by atoms with E-state index in [4.69, 9.17) is 0 Å². The SMILES string of the molecule is C1=Cc2nncn3cc(-c4ccccc4)c(c23)C=C1. The fourth-order valence-corrected chi connectivity index (χ4v) is 2.52. The molecule has 0 saturated carbocycles. The number of rotatable bonds is 1. The van der Waals surface area contributed by atoms with Crippen molar-refractivity contribution in [3.63, 3.8) is 0 Å². The van der Waals surface area contributed by atoms with Crippen LogP contribution in [0.1, 0.15) is 11.3 Å². The molecule has 0 saturated heterocycles. The Balaban J connectivity index is 2.11. The van der Waals surface area contributed by atoms with Crippen LogP contribution in [0.3, 0.4) is 0 Å². The summed E-state index contributed by atoms with van der Waals surface area (Å²) in [5.74, 6) is 0. The summed E-state index contributed by atoms with van der Waals surface area (Å²) in [6, 6.07) is 10.4. The monoisotopic (exact) mass is 245 g/mol. The molecule has 0 fully saturated rings. The highest BCUT2D eigenvalue weighted by molar-refractivity contribution is 5.90. The highest BCUT2D eigenvalue weighted by Crippen LogP contribution is 2.32. The Morgan fingerprint density at radius 3 is 2.68 bits per heavy atom. The van der Waals surface area contributed by atoms with E-state index >= 15 is 0 Å². The quantitative estimate of drug-likeness (QED) is 0.657. The molecule has 2 aromatic heterocycles. The molecule has 19 heavy (non-hydrogen) atoms. The molecule has 4 rings (SSSR count). The number of nitrogens with zero attached hydrogens (tertiary/aromatic N) is 3. The lowest BCUT2D eigenvalue weighted by atomic mass is 10.0. The van der Waals surface area contributed by atoms with Crippen LogP contribution in [-0.4, -0.2) is 14.6 Å². The molecule has 1 aliphatic rings. The molecule has 1 aliphatic carbocycles. The van der Waals surface area contributed by atoms with Crippen molar-refractivity contribution >= 4 is 17.7 Å². The van der Waals surface area contributed by atoms with Crippen LogP contribution in [0, 0.1) is 0 Å². The third-order valence-electron chi connectivity index (χ3n) is 3.37. The molecule has 1 aromatic carbocycles. The number of hydrogen-bond acceptors (Lipinski definition) is 2. The normalized spacial score (nSPS) is 12.8. The van der Waals surface area contributed by atoms with Crippen LogP contribution in [0.15, 0.2) is 55.0 Å². The van der Waals surface area contributed by atoms with Crippen LogP contribution in [0.25, 0.3) is 28.8 Å². The predicted molar refractivity (Wildman–Crippen MR) is 76.5 cm³/mol. The summed E-state index contributed by atoms with van der Waals surface area (Å²) in [6.45, 7) is 0. The van der Waals surface area contributed by atoms with E-state index in [1.807, 2.05) is 28.7 Å². The van der Waals surface area contributed by atoms with Crippen LogP contribution in [0.5, 0.6) is 0 Å². The topological polar surface area (TPSA) is 30.2 Å². The van der Waals surface area contributed by atoms with Gasteiger partial charge in [-0.1, -0.05) is 48.6 Å². The molecule has 0 N–H and O–H groups in total. The number of hydrogen-bond donors (Lipinski definition) is 0. The molecule has 0 bridgehead atoms. The van der Waals surface area contributed by atoms with Gasteiger partial charge in [-0.15, -0.1) is 10.2 Å². The van der Waals surface area contributed by atoms with Crippen LogP contribution in [0.2, 0.25) is 0 Å². The van der Waals surface area contributed by atoms with Gasteiger partial charge in [-0.05, 0) is 11.6 Å². The highest BCUT2D eigenvalue weighted by atomic mass is 15.2. The molecular formula is C16H11N3. The lowest BCUT2D eigenvalue weighted by Gasteiger charge is -2.00. The Morgan fingerprint density at radius 1 is 0.947 bits per heavy atom. The summed E-state index contributed by atoms with van der Waals surface area (Å²) in [5, 5.41) is 8.25. The first-order valence-electron chi connectivity index (χ1n) is 6.20. The van der Waals surface area contributed by atoms with Gasteiger partial charge in [0.25, 0.3) is 0 Å². The smallest absolute Gasteiger partial charge is 0.122 e. The maximum atomic E-state index is 4.21. The fraction of sp³-hybridized carbons (Fsp3) is 0. The zero-order valence-corrected chi connectivity index (χ0v) is 10.2. The molecule has 0 unspecified atom stereocenters. The van der Waals surface area contributed by atoms with Crippen molar-refractivity contribution in [3.05, 3.63) is 66.3 Å². The average molecular weight is 245 g/mol. The summed E-state index contributed by atoms with van der Waals surface area (Å²) in [5.41, 5.74) is 5.62. The minimum atomic E-state index is 0.907. The van der Waals surface area contributed by atoms with Gasteiger partial charge in [0.2, 0.25) is 0 Å². The Bertz CT molecular complexity index is 811. The molecule has 2 heterocycles. The van der Waals surface area contributed by atoms with E-state index in [-0.39, 0.29) is 0 Å². The molecule has 0 amide bonds. The summed E-state index contributed by atoms with van der Waals surface area (Å²) in [4.78, 5) is 0.